The molecule has 3 heteroatoms. The molecule has 0 fully saturated rings. The van der Waals surface area contributed by atoms with Crippen LogP contribution in [0.15, 0.2) is 24.3 Å². The summed E-state index contributed by atoms with van der Waals surface area (Å²) in [4.78, 5) is 11.0. The highest BCUT2D eigenvalue weighted by molar-refractivity contribution is 6.64. The van der Waals surface area contributed by atoms with E-state index in [4.69, 9.17) is 16.3 Å². The molecule has 1 atom stereocenters. The highest BCUT2D eigenvalue weighted by atomic mass is 35.5. The summed E-state index contributed by atoms with van der Waals surface area (Å²) in [6, 6.07) is 7.74. The Bertz CT molecular complexity index is 335. The standard InChI is InChI=1S/C10H9ClO2/c11-10(12)9-8-4-2-1-3-7(8)5-6-13-9/h1-4,9H,5-6H2. The van der Waals surface area contributed by atoms with Crippen molar-refractivity contribution in [2.24, 2.45) is 0 Å². The molecule has 0 spiro atoms. The Balaban J connectivity index is 2.42. The van der Waals surface area contributed by atoms with Gasteiger partial charge in [-0.05, 0) is 29.1 Å². The van der Waals surface area contributed by atoms with Gasteiger partial charge in [0.15, 0.2) is 6.10 Å². The molecule has 0 radical (unpaired) electrons. The molecule has 0 aliphatic carbocycles. The van der Waals surface area contributed by atoms with Crippen LogP contribution in [0, 0.1) is 0 Å². The molecule has 0 aromatic heterocycles. The second kappa shape index (κ2) is 3.48. The largest absolute Gasteiger partial charge is 0.364 e. The number of benzene rings is 1. The normalized spacial score (nSPS) is 20.8. The molecule has 2 nitrogen and oxygen atoms in total. The molecule has 1 aliphatic heterocycles. The summed E-state index contributed by atoms with van der Waals surface area (Å²) < 4.78 is 5.28. The molecule has 1 unspecified atom stereocenters. The van der Waals surface area contributed by atoms with E-state index < -0.39 is 11.3 Å². The number of ether oxygens (including phenoxy) is 1. The average Bonchev–Trinajstić information content (AvgIpc) is 2.17. The monoisotopic (exact) mass is 196 g/mol. The lowest BCUT2D eigenvalue weighted by Gasteiger charge is -2.22. The van der Waals surface area contributed by atoms with E-state index in [1.165, 1.54) is 0 Å². The molecule has 0 saturated carbocycles. The maximum atomic E-state index is 11.0. The Labute approximate surface area is 81.5 Å². The van der Waals surface area contributed by atoms with E-state index in [0.717, 1.165) is 17.5 Å². The fourth-order valence-corrected chi connectivity index (χ4v) is 1.76. The number of rotatable bonds is 1. The van der Waals surface area contributed by atoms with Gasteiger partial charge in [-0.2, -0.15) is 0 Å². The lowest BCUT2D eigenvalue weighted by atomic mass is 9.98. The lowest BCUT2D eigenvalue weighted by Crippen LogP contribution is -2.20. The first-order chi connectivity index (χ1) is 6.29. The van der Waals surface area contributed by atoms with Crippen LogP contribution in [0.2, 0.25) is 0 Å². The molecule has 0 bridgehead atoms. The van der Waals surface area contributed by atoms with Gasteiger partial charge in [0.2, 0.25) is 0 Å². The number of fused-ring (bicyclic) bond motifs is 1. The first kappa shape index (κ1) is 8.73. The predicted octanol–water partition coefficient (Wildman–Crippen LogP) is 2.07. The van der Waals surface area contributed by atoms with Crippen molar-refractivity contribution in [2.45, 2.75) is 12.5 Å². The van der Waals surface area contributed by atoms with E-state index in [-0.39, 0.29) is 0 Å². The molecule has 13 heavy (non-hydrogen) atoms. The highest BCUT2D eigenvalue weighted by Gasteiger charge is 2.25. The number of hydrogen-bond donors (Lipinski definition) is 0. The molecule has 0 amide bonds. The van der Waals surface area contributed by atoms with Crippen molar-refractivity contribution in [1.82, 2.24) is 0 Å². The van der Waals surface area contributed by atoms with Gasteiger partial charge in [-0.3, -0.25) is 4.79 Å². The molecular formula is C10H9ClO2. The van der Waals surface area contributed by atoms with Crippen molar-refractivity contribution < 1.29 is 9.53 Å². The van der Waals surface area contributed by atoms with Crippen LogP contribution >= 0.6 is 11.6 Å². The number of hydrogen-bond acceptors (Lipinski definition) is 2. The van der Waals surface area contributed by atoms with Crippen molar-refractivity contribution in [3.05, 3.63) is 35.4 Å². The van der Waals surface area contributed by atoms with Crippen LogP contribution in [0.3, 0.4) is 0 Å². The fourth-order valence-electron chi connectivity index (χ4n) is 1.58. The summed E-state index contributed by atoms with van der Waals surface area (Å²) in [6.07, 6.45) is 0.295. The maximum absolute atomic E-state index is 11.0. The zero-order valence-electron chi connectivity index (χ0n) is 7.00. The van der Waals surface area contributed by atoms with Gasteiger partial charge in [0.1, 0.15) is 0 Å². The van der Waals surface area contributed by atoms with Gasteiger partial charge in [0.25, 0.3) is 5.24 Å². The van der Waals surface area contributed by atoms with Crippen molar-refractivity contribution in [3.63, 3.8) is 0 Å². The molecule has 0 N–H and O–H groups in total. The Morgan fingerprint density at radius 3 is 3.00 bits per heavy atom. The Hall–Kier alpha value is -0.860. The predicted molar refractivity (Wildman–Crippen MR) is 49.7 cm³/mol. The average molecular weight is 197 g/mol. The SMILES string of the molecule is O=C(Cl)C1OCCc2ccccc21. The van der Waals surface area contributed by atoms with Gasteiger partial charge in [-0.15, -0.1) is 0 Å². The van der Waals surface area contributed by atoms with Crippen LogP contribution in [0.4, 0.5) is 0 Å². The third kappa shape index (κ3) is 1.60. The smallest absolute Gasteiger partial charge is 0.255 e. The molecule has 1 aromatic carbocycles. The van der Waals surface area contributed by atoms with Crippen molar-refractivity contribution in [1.29, 1.82) is 0 Å². The van der Waals surface area contributed by atoms with Gasteiger partial charge in [-0.25, -0.2) is 0 Å². The van der Waals surface area contributed by atoms with Gasteiger partial charge in [0, 0.05) is 0 Å². The first-order valence-corrected chi connectivity index (χ1v) is 4.55. The van der Waals surface area contributed by atoms with Crippen LogP contribution in [-0.4, -0.2) is 11.8 Å². The van der Waals surface area contributed by atoms with Crippen molar-refractivity contribution >= 4 is 16.8 Å². The molecule has 0 saturated heterocycles. The topological polar surface area (TPSA) is 26.3 Å². The second-order valence-electron chi connectivity index (χ2n) is 3.00. The van der Waals surface area contributed by atoms with Gasteiger partial charge in [0.05, 0.1) is 6.61 Å². The minimum absolute atomic E-state index is 0.438. The van der Waals surface area contributed by atoms with E-state index >= 15 is 0 Å². The third-order valence-corrected chi connectivity index (χ3v) is 2.40. The van der Waals surface area contributed by atoms with Crippen LogP contribution < -0.4 is 0 Å². The quantitative estimate of drug-likeness (QED) is 0.643. The van der Waals surface area contributed by atoms with Crippen LogP contribution in [0.25, 0.3) is 0 Å². The number of carbonyl (C=O) groups is 1. The Morgan fingerprint density at radius 2 is 2.23 bits per heavy atom. The van der Waals surface area contributed by atoms with E-state index in [1.54, 1.807) is 0 Å². The van der Waals surface area contributed by atoms with Crippen molar-refractivity contribution in [3.8, 4) is 0 Å². The first-order valence-electron chi connectivity index (χ1n) is 4.18. The molecule has 1 heterocycles. The summed E-state index contributed by atoms with van der Waals surface area (Å²) in [5, 5.41) is -0.438. The maximum Gasteiger partial charge on any atom is 0.255 e. The number of halogens is 1. The lowest BCUT2D eigenvalue weighted by molar-refractivity contribution is -0.123. The summed E-state index contributed by atoms with van der Waals surface area (Å²) in [6.45, 7) is 0.570. The Morgan fingerprint density at radius 1 is 1.46 bits per heavy atom. The van der Waals surface area contributed by atoms with Crippen LogP contribution in [0.5, 0.6) is 0 Å². The minimum Gasteiger partial charge on any atom is -0.364 e. The molecule has 1 aliphatic rings. The van der Waals surface area contributed by atoms with Gasteiger partial charge >= 0.3 is 0 Å². The van der Waals surface area contributed by atoms with E-state index in [0.29, 0.717) is 6.61 Å². The summed E-state index contributed by atoms with van der Waals surface area (Å²) in [5.41, 5.74) is 2.07. The number of carbonyl (C=O) groups excluding carboxylic acids is 1. The Kier molecular flexibility index (Phi) is 2.34. The summed E-state index contributed by atoms with van der Waals surface area (Å²) in [5.74, 6) is 0. The van der Waals surface area contributed by atoms with E-state index in [2.05, 4.69) is 0 Å². The van der Waals surface area contributed by atoms with E-state index in [1.807, 2.05) is 24.3 Å². The zero-order chi connectivity index (χ0) is 9.26. The van der Waals surface area contributed by atoms with Gasteiger partial charge < -0.3 is 4.74 Å². The summed E-state index contributed by atoms with van der Waals surface area (Å²) >= 11 is 5.42. The second-order valence-corrected chi connectivity index (χ2v) is 3.38. The molecular weight excluding hydrogens is 188 g/mol. The molecule has 2 rings (SSSR count). The van der Waals surface area contributed by atoms with E-state index in [9.17, 15) is 4.79 Å². The molecule has 1 aromatic rings. The highest BCUT2D eigenvalue weighted by Crippen LogP contribution is 2.28. The van der Waals surface area contributed by atoms with Gasteiger partial charge in [-0.1, -0.05) is 24.3 Å². The van der Waals surface area contributed by atoms with Crippen molar-refractivity contribution in [2.75, 3.05) is 6.61 Å². The summed E-state index contributed by atoms with van der Waals surface area (Å²) in [7, 11) is 0. The molecule has 68 valence electrons. The fraction of sp³-hybridized carbons (Fsp3) is 0.300. The minimum atomic E-state index is -0.563. The third-order valence-electron chi connectivity index (χ3n) is 2.20. The van der Waals surface area contributed by atoms with Crippen LogP contribution in [0.1, 0.15) is 17.2 Å². The zero-order valence-corrected chi connectivity index (χ0v) is 7.75. The van der Waals surface area contributed by atoms with Crippen LogP contribution in [-0.2, 0) is 16.0 Å².